The summed E-state index contributed by atoms with van der Waals surface area (Å²) in [5.41, 5.74) is 7.29. The van der Waals surface area contributed by atoms with Gasteiger partial charge < -0.3 is 10.3 Å². The van der Waals surface area contributed by atoms with Crippen molar-refractivity contribution >= 4 is 5.57 Å². The van der Waals surface area contributed by atoms with Crippen molar-refractivity contribution in [3.63, 3.8) is 0 Å². The van der Waals surface area contributed by atoms with Crippen LogP contribution >= 0.6 is 0 Å². The number of aromatic nitrogens is 1. The average molecular weight is 178 g/mol. The maximum atomic E-state index is 5.41. The van der Waals surface area contributed by atoms with Crippen LogP contribution < -0.4 is 5.73 Å². The van der Waals surface area contributed by atoms with Gasteiger partial charge in [-0.2, -0.15) is 0 Å². The summed E-state index contributed by atoms with van der Waals surface area (Å²) in [7, 11) is 0. The van der Waals surface area contributed by atoms with Crippen LogP contribution in [0.15, 0.2) is 28.8 Å². The number of rotatable bonds is 3. The number of nitrogens with zero attached hydrogens (tertiary/aromatic N) is 1. The van der Waals surface area contributed by atoms with E-state index in [2.05, 4.69) is 5.16 Å². The molecule has 0 radical (unpaired) electrons. The molecule has 0 spiro atoms. The van der Waals surface area contributed by atoms with Gasteiger partial charge in [-0.1, -0.05) is 23.4 Å². The SMILES string of the molecule is C/C=C\C(=C/C)c1cc(CN)on1. The molecule has 0 amide bonds. The van der Waals surface area contributed by atoms with E-state index in [0.29, 0.717) is 12.3 Å². The summed E-state index contributed by atoms with van der Waals surface area (Å²) in [4.78, 5) is 0. The van der Waals surface area contributed by atoms with E-state index in [1.807, 2.05) is 38.1 Å². The molecule has 1 aromatic rings. The van der Waals surface area contributed by atoms with Gasteiger partial charge in [-0.05, 0) is 19.4 Å². The molecule has 0 bridgehead atoms. The first-order valence-electron chi connectivity index (χ1n) is 4.26. The van der Waals surface area contributed by atoms with E-state index in [-0.39, 0.29) is 0 Å². The Kier molecular flexibility index (Phi) is 3.46. The van der Waals surface area contributed by atoms with Crippen molar-refractivity contribution in [2.45, 2.75) is 20.4 Å². The third-order valence-corrected chi connectivity index (χ3v) is 1.71. The Hall–Kier alpha value is -1.35. The van der Waals surface area contributed by atoms with Crippen LogP contribution in [0.4, 0.5) is 0 Å². The van der Waals surface area contributed by atoms with Crippen LogP contribution in [0.2, 0.25) is 0 Å². The maximum absolute atomic E-state index is 5.41. The van der Waals surface area contributed by atoms with Gasteiger partial charge in [-0.25, -0.2) is 0 Å². The first-order valence-corrected chi connectivity index (χ1v) is 4.26. The second kappa shape index (κ2) is 4.62. The molecule has 0 unspecified atom stereocenters. The van der Waals surface area contributed by atoms with E-state index in [0.717, 1.165) is 11.3 Å². The van der Waals surface area contributed by atoms with E-state index >= 15 is 0 Å². The Balaban J connectivity index is 2.92. The van der Waals surface area contributed by atoms with Gasteiger partial charge in [0, 0.05) is 6.07 Å². The zero-order valence-corrected chi connectivity index (χ0v) is 7.95. The molecule has 0 aromatic carbocycles. The fourth-order valence-corrected chi connectivity index (χ4v) is 1.05. The number of allylic oxidation sites excluding steroid dienone is 4. The molecule has 1 aromatic heterocycles. The Morgan fingerprint density at radius 3 is 2.85 bits per heavy atom. The summed E-state index contributed by atoms with van der Waals surface area (Å²) >= 11 is 0. The van der Waals surface area contributed by atoms with Crippen LogP contribution in [-0.2, 0) is 6.54 Å². The van der Waals surface area contributed by atoms with Crippen molar-refractivity contribution in [2.75, 3.05) is 0 Å². The molecule has 13 heavy (non-hydrogen) atoms. The molecule has 2 N–H and O–H groups in total. The Bertz CT molecular complexity index is 323. The quantitative estimate of drug-likeness (QED) is 0.721. The minimum atomic E-state index is 0.389. The summed E-state index contributed by atoms with van der Waals surface area (Å²) in [6.45, 7) is 4.32. The van der Waals surface area contributed by atoms with Crippen molar-refractivity contribution in [3.8, 4) is 0 Å². The molecule has 3 heteroatoms. The summed E-state index contributed by atoms with van der Waals surface area (Å²) < 4.78 is 4.99. The van der Waals surface area contributed by atoms with Crippen molar-refractivity contribution in [3.05, 3.63) is 35.7 Å². The van der Waals surface area contributed by atoms with E-state index in [4.69, 9.17) is 10.3 Å². The minimum absolute atomic E-state index is 0.389. The van der Waals surface area contributed by atoms with E-state index in [1.165, 1.54) is 0 Å². The monoisotopic (exact) mass is 178 g/mol. The molecule has 0 atom stereocenters. The van der Waals surface area contributed by atoms with Crippen molar-refractivity contribution in [1.29, 1.82) is 0 Å². The first kappa shape index (κ1) is 9.74. The van der Waals surface area contributed by atoms with Gasteiger partial charge in [0.1, 0.15) is 5.69 Å². The highest BCUT2D eigenvalue weighted by Crippen LogP contribution is 2.15. The molecule has 1 rings (SSSR count). The molecule has 0 aliphatic carbocycles. The van der Waals surface area contributed by atoms with Gasteiger partial charge in [0.25, 0.3) is 0 Å². The number of nitrogens with two attached hydrogens (primary N) is 1. The lowest BCUT2D eigenvalue weighted by atomic mass is 10.1. The zero-order valence-electron chi connectivity index (χ0n) is 7.95. The largest absolute Gasteiger partial charge is 0.359 e. The van der Waals surface area contributed by atoms with Gasteiger partial charge in [0.15, 0.2) is 5.76 Å². The lowest BCUT2D eigenvalue weighted by Crippen LogP contribution is -1.92. The zero-order chi connectivity index (χ0) is 9.68. The number of hydrogen-bond acceptors (Lipinski definition) is 3. The lowest BCUT2D eigenvalue weighted by molar-refractivity contribution is 0.383. The van der Waals surface area contributed by atoms with E-state index in [9.17, 15) is 0 Å². The lowest BCUT2D eigenvalue weighted by Gasteiger charge is -1.91. The van der Waals surface area contributed by atoms with Crippen LogP contribution in [0.3, 0.4) is 0 Å². The standard InChI is InChI=1S/C10H14N2O/c1-3-5-8(4-2)10-6-9(7-11)13-12-10/h3-6H,7,11H2,1-2H3/b5-3-,8-4+. The Morgan fingerprint density at radius 2 is 2.38 bits per heavy atom. The van der Waals surface area contributed by atoms with Crippen molar-refractivity contribution < 1.29 is 4.52 Å². The molecular formula is C10H14N2O. The molecule has 0 fully saturated rings. The summed E-state index contributed by atoms with van der Waals surface area (Å²) in [6.07, 6.45) is 5.93. The molecule has 70 valence electrons. The van der Waals surface area contributed by atoms with Gasteiger partial charge in [-0.15, -0.1) is 0 Å². The van der Waals surface area contributed by atoms with Gasteiger partial charge >= 0.3 is 0 Å². The molecule has 0 aliphatic heterocycles. The second-order valence-corrected chi connectivity index (χ2v) is 2.63. The van der Waals surface area contributed by atoms with Crippen LogP contribution in [0.5, 0.6) is 0 Å². The summed E-state index contributed by atoms with van der Waals surface area (Å²) in [6, 6.07) is 1.86. The third-order valence-electron chi connectivity index (χ3n) is 1.71. The van der Waals surface area contributed by atoms with Crippen LogP contribution in [0.1, 0.15) is 25.3 Å². The fraction of sp³-hybridized carbons (Fsp3) is 0.300. The van der Waals surface area contributed by atoms with Crippen LogP contribution in [-0.4, -0.2) is 5.16 Å². The second-order valence-electron chi connectivity index (χ2n) is 2.63. The van der Waals surface area contributed by atoms with Crippen LogP contribution in [0, 0.1) is 0 Å². The highest BCUT2D eigenvalue weighted by atomic mass is 16.5. The van der Waals surface area contributed by atoms with Crippen molar-refractivity contribution in [1.82, 2.24) is 5.16 Å². The normalized spacial score (nSPS) is 12.7. The maximum Gasteiger partial charge on any atom is 0.150 e. The molecule has 0 aliphatic rings. The number of hydrogen-bond donors (Lipinski definition) is 1. The van der Waals surface area contributed by atoms with Crippen molar-refractivity contribution in [2.24, 2.45) is 5.73 Å². The summed E-state index contributed by atoms with van der Waals surface area (Å²) in [5, 5.41) is 3.90. The molecular weight excluding hydrogens is 164 g/mol. The Morgan fingerprint density at radius 1 is 1.62 bits per heavy atom. The molecule has 3 nitrogen and oxygen atoms in total. The third kappa shape index (κ3) is 2.29. The highest BCUT2D eigenvalue weighted by molar-refractivity contribution is 5.71. The fourth-order valence-electron chi connectivity index (χ4n) is 1.05. The topological polar surface area (TPSA) is 52.0 Å². The van der Waals surface area contributed by atoms with E-state index in [1.54, 1.807) is 0 Å². The molecule has 0 saturated carbocycles. The first-order chi connectivity index (χ1) is 6.31. The average Bonchev–Trinajstić information content (AvgIpc) is 2.62. The predicted molar refractivity (Wildman–Crippen MR) is 52.9 cm³/mol. The van der Waals surface area contributed by atoms with Gasteiger partial charge in [-0.3, -0.25) is 0 Å². The highest BCUT2D eigenvalue weighted by Gasteiger charge is 2.03. The van der Waals surface area contributed by atoms with E-state index < -0.39 is 0 Å². The smallest absolute Gasteiger partial charge is 0.150 e. The molecule has 0 saturated heterocycles. The minimum Gasteiger partial charge on any atom is -0.359 e. The van der Waals surface area contributed by atoms with Gasteiger partial charge in [0.2, 0.25) is 0 Å². The summed E-state index contributed by atoms with van der Waals surface area (Å²) in [5.74, 6) is 0.707. The Labute approximate surface area is 77.9 Å². The predicted octanol–water partition coefficient (Wildman–Crippen LogP) is 2.11. The molecule has 1 heterocycles. The van der Waals surface area contributed by atoms with Crippen LogP contribution in [0.25, 0.3) is 5.57 Å². The van der Waals surface area contributed by atoms with Gasteiger partial charge in [0.05, 0.1) is 6.54 Å².